The highest BCUT2D eigenvalue weighted by Gasteiger charge is 2.47. The fourth-order valence-electron chi connectivity index (χ4n) is 4.59. The van der Waals surface area contributed by atoms with E-state index in [1.54, 1.807) is 36.8 Å². The second kappa shape index (κ2) is 6.80. The first-order valence-electron chi connectivity index (χ1n) is 9.84. The van der Waals surface area contributed by atoms with Gasteiger partial charge in [-0.25, -0.2) is 0 Å². The lowest BCUT2D eigenvalue weighted by atomic mass is 9.80. The number of amidine groups is 1. The van der Waals surface area contributed by atoms with Crippen LogP contribution in [0.3, 0.4) is 0 Å². The fraction of sp³-hybridized carbons (Fsp3) is 0.286. The van der Waals surface area contributed by atoms with Crippen LogP contribution in [-0.2, 0) is 4.79 Å². The predicted molar refractivity (Wildman–Crippen MR) is 114 cm³/mol. The van der Waals surface area contributed by atoms with Crippen molar-refractivity contribution in [2.45, 2.75) is 25.7 Å². The minimum atomic E-state index is -0.734. The van der Waals surface area contributed by atoms with Gasteiger partial charge in [-0.15, -0.1) is 4.59 Å². The summed E-state index contributed by atoms with van der Waals surface area (Å²) in [5.41, 5.74) is 2.90. The standard InChI is InChI=1S/C21H20ClN5O3/c22-14-5-6-17(28)13-9-15(25-19(13)14)20-26-18(16-10-24-7-8-27(16,20)23)11-1-3-12(4-2-11)21(29)30/h5-12H,1-4,23H2,(H2-,24,25,26,28,29,30)/p+1. The zero-order valence-corrected chi connectivity index (χ0v) is 16.8. The minimum Gasteiger partial charge on any atom is -0.507 e. The summed E-state index contributed by atoms with van der Waals surface area (Å²) in [6, 6.07) is 4.98. The van der Waals surface area contributed by atoms with Crippen LogP contribution in [0, 0.1) is 11.8 Å². The van der Waals surface area contributed by atoms with E-state index in [1.807, 2.05) is 0 Å². The molecular weight excluding hydrogens is 406 g/mol. The first-order valence-corrected chi connectivity index (χ1v) is 10.2. The van der Waals surface area contributed by atoms with Gasteiger partial charge in [0.1, 0.15) is 23.3 Å². The van der Waals surface area contributed by atoms with E-state index in [0.717, 1.165) is 24.2 Å². The molecule has 5 rings (SSSR count). The van der Waals surface area contributed by atoms with Crippen LogP contribution in [0.25, 0.3) is 10.9 Å². The van der Waals surface area contributed by atoms with E-state index in [9.17, 15) is 15.0 Å². The van der Waals surface area contributed by atoms with E-state index >= 15 is 0 Å². The van der Waals surface area contributed by atoms with Crippen LogP contribution < -0.4 is 5.84 Å². The smallest absolute Gasteiger partial charge is 0.306 e. The van der Waals surface area contributed by atoms with Gasteiger partial charge in [0.15, 0.2) is 0 Å². The molecule has 2 aromatic rings. The molecule has 1 unspecified atom stereocenters. The maximum absolute atomic E-state index is 11.3. The van der Waals surface area contributed by atoms with Gasteiger partial charge in [0.05, 0.1) is 28.9 Å². The molecule has 9 heteroatoms. The van der Waals surface area contributed by atoms with Gasteiger partial charge in [-0.2, -0.15) is 10.8 Å². The van der Waals surface area contributed by atoms with Gasteiger partial charge in [0.25, 0.3) is 5.84 Å². The number of rotatable bonds is 3. The molecule has 1 aromatic heterocycles. The average molecular weight is 427 g/mol. The summed E-state index contributed by atoms with van der Waals surface area (Å²) < 4.78 is -0.136. The first-order chi connectivity index (χ1) is 14.4. The number of H-pyrrole nitrogens is 1. The second-order valence-electron chi connectivity index (χ2n) is 7.98. The molecule has 1 aliphatic carbocycles. The third kappa shape index (κ3) is 2.79. The Balaban J connectivity index is 1.57. The molecule has 0 spiro atoms. The Labute approximate surface area is 177 Å². The number of aromatic hydroxyl groups is 1. The first kappa shape index (κ1) is 19.0. The van der Waals surface area contributed by atoms with Crippen LogP contribution in [-0.4, -0.2) is 37.8 Å². The van der Waals surface area contributed by atoms with Gasteiger partial charge in [-0.05, 0) is 43.9 Å². The van der Waals surface area contributed by atoms with Gasteiger partial charge in [-0.3, -0.25) is 9.79 Å². The van der Waals surface area contributed by atoms with Crippen LogP contribution in [0.1, 0.15) is 31.4 Å². The van der Waals surface area contributed by atoms with Gasteiger partial charge in [0.2, 0.25) is 5.70 Å². The number of allylic oxidation sites excluding steroid dienone is 2. The van der Waals surface area contributed by atoms with Gasteiger partial charge in [-0.1, -0.05) is 11.6 Å². The number of nitrogens with zero attached hydrogens (tertiary/aromatic N) is 3. The third-order valence-corrected chi connectivity index (χ3v) is 6.56. The zero-order valence-electron chi connectivity index (χ0n) is 16.0. The lowest BCUT2D eigenvalue weighted by Crippen LogP contribution is -2.53. The van der Waals surface area contributed by atoms with Crippen molar-refractivity contribution in [1.82, 2.24) is 4.98 Å². The largest absolute Gasteiger partial charge is 0.507 e. The average Bonchev–Trinajstić information content (AvgIpc) is 3.31. The van der Waals surface area contributed by atoms with Crippen LogP contribution >= 0.6 is 11.6 Å². The van der Waals surface area contributed by atoms with Crippen LogP contribution in [0.5, 0.6) is 5.75 Å². The molecule has 3 heterocycles. The van der Waals surface area contributed by atoms with Crippen molar-refractivity contribution in [3.8, 4) is 5.75 Å². The summed E-state index contributed by atoms with van der Waals surface area (Å²) in [5, 5.41) is 20.6. The summed E-state index contributed by atoms with van der Waals surface area (Å²) in [6.07, 6.45) is 7.84. The van der Waals surface area contributed by atoms with Crippen LogP contribution in [0.15, 0.2) is 52.0 Å². The monoisotopic (exact) mass is 426 g/mol. The number of carboxylic acid groups (broad SMARTS) is 1. The molecule has 0 radical (unpaired) electrons. The van der Waals surface area contributed by atoms with Crippen molar-refractivity contribution in [1.29, 1.82) is 0 Å². The second-order valence-corrected chi connectivity index (χ2v) is 8.39. The highest BCUT2D eigenvalue weighted by atomic mass is 35.5. The number of hydrogen-bond donors (Lipinski definition) is 4. The number of nitrogens with two attached hydrogens (primary N) is 1. The van der Waals surface area contributed by atoms with Crippen molar-refractivity contribution in [2.75, 3.05) is 0 Å². The number of aromatic nitrogens is 1. The number of phenolic OH excluding ortho intramolecular Hbond substituents is 1. The van der Waals surface area contributed by atoms with E-state index < -0.39 is 5.97 Å². The normalized spacial score (nSPS) is 28.1. The molecule has 1 saturated carbocycles. The quantitative estimate of drug-likeness (QED) is 0.441. The van der Waals surface area contributed by atoms with Gasteiger partial charge >= 0.3 is 5.97 Å². The van der Waals surface area contributed by atoms with Crippen molar-refractivity contribution >= 4 is 40.5 Å². The molecule has 3 aliphatic rings. The summed E-state index contributed by atoms with van der Waals surface area (Å²) in [4.78, 5) is 23.7. The summed E-state index contributed by atoms with van der Waals surface area (Å²) in [5.74, 6) is 6.56. The number of carboxylic acids is 1. The molecule has 2 aliphatic heterocycles. The number of aliphatic imine (C=N–C) groups is 2. The molecule has 8 nitrogen and oxygen atoms in total. The summed E-state index contributed by atoms with van der Waals surface area (Å²) in [6.45, 7) is 0. The highest BCUT2D eigenvalue weighted by Crippen LogP contribution is 2.42. The molecule has 30 heavy (non-hydrogen) atoms. The number of aromatic amines is 1. The Hall–Kier alpha value is -2.94. The molecule has 1 aromatic carbocycles. The molecule has 1 atom stereocenters. The van der Waals surface area contributed by atoms with E-state index in [4.69, 9.17) is 22.4 Å². The SMILES string of the molecule is N[N+]12C=CN=CC1=C(C1CCC(C(=O)O)CC1)N=C2c1cc2c(O)ccc(Cl)c2[nH]1. The van der Waals surface area contributed by atoms with E-state index in [1.165, 1.54) is 0 Å². The van der Waals surface area contributed by atoms with Gasteiger partial charge in [0, 0.05) is 11.3 Å². The maximum Gasteiger partial charge on any atom is 0.306 e. The molecule has 0 amide bonds. The number of halogens is 1. The predicted octanol–water partition coefficient (Wildman–Crippen LogP) is 3.64. The molecular formula is C21H21ClN5O3+. The lowest BCUT2D eigenvalue weighted by Gasteiger charge is -2.28. The topological polar surface area (TPSA) is 124 Å². The maximum atomic E-state index is 11.3. The van der Waals surface area contributed by atoms with E-state index in [0.29, 0.717) is 40.3 Å². The van der Waals surface area contributed by atoms with Crippen molar-refractivity contribution in [3.05, 3.63) is 52.7 Å². The lowest BCUT2D eigenvalue weighted by molar-refractivity contribution is -0.750. The van der Waals surface area contributed by atoms with Crippen LogP contribution in [0.2, 0.25) is 5.02 Å². The number of phenols is 1. The summed E-state index contributed by atoms with van der Waals surface area (Å²) >= 11 is 6.30. The Morgan fingerprint density at radius 2 is 2.03 bits per heavy atom. The Kier molecular flexibility index (Phi) is 4.32. The molecule has 0 saturated heterocycles. The molecule has 0 bridgehead atoms. The Morgan fingerprint density at radius 3 is 2.73 bits per heavy atom. The Bertz CT molecular complexity index is 1150. The van der Waals surface area contributed by atoms with Crippen molar-refractivity contribution in [3.63, 3.8) is 0 Å². The van der Waals surface area contributed by atoms with Crippen molar-refractivity contribution in [2.24, 2.45) is 27.7 Å². The number of benzene rings is 1. The molecule has 5 N–H and O–H groups in total. The van der Waals surface area contributed by atoms with Crippen molar-refractivity contribution < 1.29 is 19.6 Å². The van der Waals surface area contributed by atoms with Crippen LogP contribution in [0.4, 0.5) is 0 Å². The Morgan fingerprint density at radius 1 is 1.27 bits per heavy atom. The van der Waals surface area contributed by atoms with E-state index in [2.05, 4.69) is 9.98 Å². The number of nitrogens with one attached hydrogen (secondary N) is 1. The number of aliphatic carboxylic acids is 1. The zero-order chi connectivity index (χ0) is 21.0. The number of carbonyl (C=O) groups is 1. The molecule has 1 fully saturated rings. The minimum absolute atomic E-state index is 0.119. The summed E-state index contributed by atoms with van der Waals surface area (Å²) in [7, 11) is 0. The van der Waals surface area contributed by atoms with Gasteiger partial charge < -0.3 is 15.2 Å². The van der Waals surface area contributed by atoms with E-state index in [-0.39, 0.29) is 22.2 Å². The fourth-order valence-corrected chi connectivity index (χ4v) is 4.80. The number of hydrogen-bond acceptors (Lipinski definition) is 5. The molecule has 154 valence electrons. The number of fused-ring (bicyclic) bond motifs is 2. The third-order valence-electron chi connectivity index (χ3n) is 6.25. The highest BCUT2D eigenvalue weighted by molar-refractivity contribution is 6.35. The number of quaternary nitrogens is 1.